The Morgan fingerprint density at radius 1 is 1.38 bits per heavy atom. The van der Waals surface area contributed by atoms with Gasteiger partial charge in [0, 0.05) is 22.3 Å². The standard InChI is InChI=1S/C16H18BrFN2O/c1-3-8-19-15(16-13(17)5-4-9-20-16)12-7-6-11(21-2)10-14(12)18/h4-7,9-10,15,19H,3,8H2,1-2H3. The maximum atomic E-state index is 14.4. The fraction of sp³-hybridized carbons (Fsp3) is 0.312. The minimum atomic E-state index is -0.305. The number of pyridine rings is 1. The van der Waals surface area contributed by atoms with Crippen molar-refractivity contribution in [1.29, 1.82) is 0 Å². The SMILES string of the molecule is CCCNC(c1ccc(OC)cc1F)c1ncccc1Br. The van der Waals surface area contributed by atoms with Crippen molar-refractivity contribution in [2.24, 2.45) is 0 Å². The van der Waals surface area contributed by atoms with Crippen LogP contribution >= 0.6 is 15.9 Å². The molecule has 1 aromatic heterocycles. The number of ether oxygens (including phenoxy) is 1. The summed E-state index contributed by atoms with van der Waals surface area (Å²) in [5.74, 6) is 0.200. The highest BCUT2D eigenvalue weighted by Crippen LogP contribution is 2.30. The van der Waals surface area contributed by atoms with Gasteiger partial charge in [0.2, 0.25) is 0 Å². The van der Waals surface area contributed by atoms with E-state index < -0.39 is 0 Å². The zero-order valence-electron chi connectivity index (χ0n) is 12.1. The Bertz CT molecular complexity index is 607. The molecule has 1 aromatic carbocycles. The number of rotatable bonds is 6. The van der Waals surface area contributed by atoms with Crippen LogP contribution < -0.4 is 10.1 Å². The molecule has 21 heavy (non-hydrogen) atoms. The van der Waals surface area contributed by atoms with Gasteiger partial charge in [0.25, 0.3) is 0 Å². The Kier molecular flexibility index (Phi) is 5.70. The lowest BCUT2D eigenvalue weighted by molar-refractivity contribution is 0.409. The van der Waals surface area contributed by atoms with Gasteiger partial charge in [-0.15, -0.1) is 0 Å². The van der Waals surface area contributed by atoms with E-state index in [-0.39, 0.29) is 11.9 Å². The van der Waals surface area contributed by atoms with Gasteiger partial charge in [-0.3, -0.25) is 4.98 Å². The molecular formula is C16H18BrFN2O. The molecule has 0 fully saturated rings. The fourth-order valence-electron chi connectivity index (χ4n) is 2.12. The summed E-state index contributed by atoms with van der Waals surface area (Å²) in [6, 6.07) is 8.34. The third-order valence-corrected chi connectivity index (χ3v) is 3.85. The predicted molar refractivity (Wildman–Crippen MR) is 85.0 cm³/mol. The molecule has 0 aliphatic rings. The highest BCUT2D eigenvalue weighted by Gasteiger charge is 2.21. The van der Waals surface area contributed by atoms with E-state index in [1.807, 2.05) is 12.1 Å². The maximum Gasteiger partial charge on any atom is 0.132 e. The molecule has 2 aromatic rings. The minimum absolute atomic E-state index is 0.300. The second-order valence-electron chi connectivity index (χ2n) is 4.65. The van der Waals surface area contributed by atoms with Gasteiger partial charge in [0.1, 0.15) is 11.6 Å². The molecule has 0 bridgehead atoms. The van der Waals surface area contributed by atoms with Crippen LogP contribution in [0.2, 0.25) is 0 Å². The number of nitrogens with one attached hydrogen (secondary N) is 1. The van der Waals surface area contributed by atoms with Crippen molar-refractivity contribution >= 4 is 15.9 Å². The Labute approximate surface area is 132 Å². The monoisotopic (exact) mass is 352 g/mol. The van der Waals surface area contributed by atoms with Crippen molar-refractivity contribution in [3.8, 4) is 5.75 Å². The zero-order valence-corrected chi connectivity index (χ0v) is 13.7. The van der Waals surface area contributed by atoms with Crippen molar-refractivity contribution in [3.05, 3.63) is 58.1 Å². The molecule has 0 amide bonds. The van der Waals surface area contributed by atoms with E-state index in [0.29, 0.717) is 11.3 Å². The molecule has 1 unspecified atom stereocenters. The molecule has 112 valence electrons. The summed E-state index contributed by atoms with van der Waals surface area (Å²) in [4.78, 5) is 4.38. The van der Waals surface area contributed by atoms with E-state index in [0.717, 1.165) is 23.1 Å². The molecule has 5 heteroatoms. The van der Waals surface area contributed by atoms with E-state index in [9.17, 15) is 4.39 Å². The molecule has 0 radical (unpaired) electrons. The summed E-state index contributed by atoms with van der Waals surface area (Å²) in [6.45, 7) is 2.85. The number of hydrogen-bond acceptors (Lipinski definition) is 3. The van der Waals surface area contributed by atoms with E-state index in [1.165, 1.54) is 13.2 Å². The van der Waals surface area contributed by atoms with Crippen molar-refractivity contribution in [2.75, 3.05) is 13.7 Å². The summed E-state index contributed by atoms with van der Waals surface area (Å²) in [6.07, 6.45) is 2.67. The lowest BCUT2D eigenvalue weighted by atomic mass is 10.0. The predicted octanol–water partition coefficient (Wildman–Crippen LogP) is 4.08. The molecule has 2 rings (SSSR count). The van der Waals surface area contributed by atoms with E-state index in [1.54, 1.807) is 18.3 Å². The summed E-state index contributed by atoms with van der Waals surface area (Å²) < 4.78 is 20.3. The zero-order chi connectivity index (χ0) is 15.2. The van der Waals surface area contributed by atoms with Crippen LogP contribution in [0.1, 0.15) is 30.6 Å². The first-order valence-electron chi connectivity index (χ1n) is 6.84. The molecule has 0 spiro atoms. The Hall–Kier alpha value is -1.46. The van der Waals surface area contributed by atoms with Crippen LogP contribution in [0.4, 0.5) is 4.39 Å². The normalized spacial score (nSPS) is 12.2. The van der Waals surface area contributed by atoms with Crippen LogP contribution in [-0.2, 0) is 0 Å². The lowest BCUT2D eigenvalue weighted by Crippen LogP contribution is -2.25. The molecule has 0 saturated heterocycles. The number of halogens is 2. The van der Waals surface area contributed by atoms with Gasteiger partial charge in [0.15, 0.2) is 0 Å². The van der Waals surface area contributed by atoms with Gasteiger partial charge in [-0.05, 0) is 47.1 Å². The Morgan fingerprint density at radius 2 is 2.19 bits per heavy atom. The quantitative estimate of drug-likeness (QED) is 0.850. The van der Waals surface area contributed by atoms with Gasteiger partial charge in [-0.1, -0.05) is 13.0 Å². The molecule has 0 aliphatic heterocycles. The third kappa shape index (κ3) is 3.80. The van der Waals surface area contributed by atoms with Crippen LogP contribution in [0.5, 0.6) is 5.75 Å². The third-order valence-electron chi connectivity index (χ3n) is 3.18. The van der Waals surface area contributed by atoms with Crippen LogP contribution in [0.25, 0.3) is 0 Å². The minimum Gasteiger partial charge on any atom is -0.497 e. The molecular weight excluding hydrogens is 335 g/mol. The van der Waals surface area contributed by atoms with Gasteiger partial charge >= 0.3 is 0 Å². The Balaban J connectivity index is 2.43. The number of nitrogens with zero attached hydrogens (tertiary/aromatic N) is 1. The summed E-state index contributed by atoms with van der Waals surface area (Å²) in [5, 5.41) is 3.35. The number of aromatic nitrogens is 1. The van der Waals surface area contributed by atoms with Crippen molar-refractivity contribution < 1.29 is 9.13 Å². The highest BCUT2D eigenvalue weighted by molar-refractivity contribution is 9.10. The molecule has 1 atom stereocenters. The summed E-state index contributed by atoms with van der Waals surface area (Å²) in [7, 11) is 1.52. The Morgan fingerprint density at radius 3 is 2.81 bits per heavy atom. The van der Waals surface area contributed by atoms with Crippen LogP contribution in [0, 0.1) is 5.82 Å². The highest BCUT2D eigenvalue weighted by atomic mass is 79.9. The summed E-state index contributed by atoms with van der Waals surface area (Å²) in [5.41, 5.74) is 1.33. The second-order valence-corrected chi connectivity index (χ2v) is 5.50. The van der Waals surface area contributed by atoms with Crippen molar-refractivity contribution in [3.63, 3.8) is 0 Å². The number of methoxy groups -OCH3 is 1. The van der Waals surface area contributed by atoms with Gasteiger partial charge in [-0.25, -0.2) is 4.39 Å². The number of hydrogen-bond donors (Lipinski definition) is 1. The molecule has 0 saturated carbocycles. The van der Waals surface area contributed by atoms with Crippen molar-refractivity contribution in [2.45, 2.75) is 19.4 Å². The smallest absolute Gasteiger partial charge is 0.132 e. The van der Waals surface area contributed by atoms with Crippen LogP contribution in [0.3, 0.4) is 0 Å². The van der Waals surface area contributed by atoms with E-state index >= 15 is 0 Å². The van der Waals surface area contributed by atoms with Gasteiger partial charge in [-0.2, -0.15) is 0 Å². The summed E-state index contributed by atoms with van der Waals surface area (Å²) >= 11 is 3.49. The second kappa shape index (κ2) is 7.52. The lowest BCUT2D eigenvalue weighted by Gasteiger charge is -2.20. The molecule has 1 heterocycles. The largest absolute Gasteiger partial charge is 0.497 e. The van der Waals surface area contributed by atoms with E-state index in [2.05, 4.69) is 33.2 Å². The topological polar surface area (TPSA) is 34.1 Å². The van der Waals surface area contributed by atoms with Gasteiger partial charge in [0.05, 0.1) is 18.8 Å². The van der Waals surface area contributed by atoms with Crippen LogP contribution in [-0.4, -0.2) is 18.6 Å². The van der Waals surface area contributed by atoms with Gasteiger partial charge < -0.3 is 10.1 Å². The van der Waals surface area contributed by atoms with E-state index in [4.69, 9.17) is 4.74 Å². The molecule has 0 aliphatic carbocycles. The average molecular weight is 353 g/mol. The first kappa shape index (κ1) is 15.9. The first-order valence-corrected chi connectivity index (χ1v) is 7.64. The fourth-order valence-corrected chi connectivity index (χ4v) is 2.61. The first-order chi connectivity index (χ1) is 10.2. The molecule has 1 N–H and O–H groups in total. The number of benzene rings is 1. The molecule has 3 nitrogen and oxygen atoms in total. The van der Waals surface area contributed by atoms with Crippen LogP contribution in [0.15, 0.2) is 41.0 Å². The van der Waals surface area contributed by atoms with Crippen molar-refractivity contribution in [1.82, 2.24) is 10.3 Å². The average Bonchev–Trinajstić information content (AvgIpc) is 2.50. The maximum absolute atomic E-state index is 14.4.